The number of nitrogen functional groups attached to an aromatic ring is 1. The summed E-state index contributed by atoms with van der Waals surface area (Å²) in [5.74, 6) is 0.679. The van der Waals surface area contributed by atoms with Crippen LogP contribution in [0.5, 0.6) is 0 Å². The van der Waals surface area contributed by atoms with E-state index >= 15 is 0 Å². The van der Waals surface area contributed by atoms with Crippen molar-refractivity contribution in [1.82, 2.24) is 19.9 Å². The predicted molar refractivity (Wildman–Crippen MR) is 125 cm³/mol. The maximum atomic E-state index is 10.0. The van der Waals surface area contributed by atoms with Gasteiger partial charge in [0.2, 0.25) is 0 Å². The number of hydrogen-bond donors (Lipinski definition) is 2. The zero-order valence-corrected chi connectivity index (χ0v) is 18.4. The van der Waals surface area contributed by atoms with Gasteiger partial charge in [0.15, 0.2) is 5.65 Å². The fraction of sp³-hybridized carbons (Fsp3) is 0.174. The summed E-state index contributed by atoms with van der Waals surface area (Å²) in [6.45, 7) is 0.851. The standard InChI is InChI=1S/C23H18BrN7O/c24-16-3-1-2-13(6-16)17-7-18(30-23-21(17)22(26)28-12-29-23)14-4-5-20(27-9-14)31-10-15(8-25)19(32)11-31/h1-7,9,12,15,19,32H,10-11H2,(H2,26,28,29,30)/t15-,19+/m0/s1. The van der Waals surface area contributed by atoms with Gasteiger partial charge in [-0.1, -0.05) is 28.1 Å². The monoisotopic (exact) mass is 487 g/mol. The Hall–Kier alpha value is -3.61. The molecule has 1 saturated heterocycles. The second-order valence-corrected chi connectivity index (χ2v) is 8.55. The van der Waals surface area contributed by atoms with Crippen molar-refractivity contribution >= 4 is 38.6 Å². The van der Waals surface area contributed by atoms with E-state index in [0.29, 0.717) is 41.5 Å². The average molecular weight is 488 g/mol. The Kier molecular flexibility index (Phi) is 5.17. The summed E-state index contributed by atoms with van der Waals surface area (Å²) >= 11 is 3.53. The van der Waals surface area contributed by atoms with Crippen LogP contribution in [0.25, 0.3) is 33.4 Å². The topological polar surface area (TPSA) is 125 Å². The highest BCUT2D eigenvalue weighted by Gasteiger charge is 2.31. The van der Waals surface area contributed by atoms with E-state index in [2.05, 4.69) is 37.0 Å². The third kappa shape index (κ3) is 3.64. The average Bonchev–Trinajstić information content (AvgIpc) is 3.19. The Labute approximate surface area is 192 Å². The lowest BCUT2D eigenvalue weighted by molar-refractivity contribution is 0.171. The molecule has 4 heterocycles. The van der Waals surface area contributed by atoms with Gasteiger partial charge in [0.05, 0.1) is 29.2 Å². The molecular weight excluding hydrogens is 470 g/mol. The van der Waals surface area contributed by atoms with E-state index < -0.39 is 12.0 Å². The highest BCUT2D eigenvalue weighted by Crippen LogP contribution is 2.35. The molecule has 32 heavy (non-hydrogen) atoms. The molecule has 0 radical (unpaired) electrons. The van der Waals surface area contributed by atoms with Crippen molar-refractivity contribution in [2.75, 3.05) is 23.7 Å². The van der Waals surface area contributed by atoms with Crippen LogP contribution < -0.4 is 10.6 Å². The van der Waals surface area contributed by atoms with Crippen molar-refractivity contribution in [2.24, 2.45) is 5.92 Å². The van der Waals surface area contributed by atoms with Crippen molar-refractivity contribution in [3.63, 3.8) is 0 Å². The molecule has 3 N–H and O–H groups in total. The number of rotatable bonds is 3. The number of β-amino-alcohol motifs (C(OH)–C–C–N with tert-alkyl or cyclic N) is 1. The molecule has 8 nitrogen and oxygen atoms in total. The fourth-order valence-corrected chi connectivity index (χ4v) is 4.34. The number of anilines is 2. The minimum Gasteiger partial charge on any atom is -0.390 e. The van der Waals surface area contributed by atoms with Crippen LogP contribution in [-0.4, -0.2) is 44.2 Å². The van der Waals surface area contributed by atoms with E-state index in [4.69, 9.17) is 16.0 Å². The SMILES string of the molecule is N#C[C@H]1CN(c2ccc(-c3cc(-c4cccc(Br)c4)c4c(N)ncnc4n3)cn2)C[C@H]1O. The Morgan fingerprint density at radius 2 is 1.97 bits per heavy atom. The van der Waals surface area contributed by atoms with Crippen LogP contribution in [0.2, 0.25) is 0 Å². The first-order chi connectivity index (χ1) is 15.5. The Bertz CT molecular complexity index is 1350. The summed E-state index contributed by atoms with van der Waals surface area (Å²) in [5.41, 5.74) is 10.1. The summed E-state index contributed by atoms with van der Waals surface area (Å²) in [4.78, 5) is 19.7. The molecule has 0 spiro atoms. The lowest BCUT2D eigenvalue weighted by atomic mass is 10.0. The molecule has 1 aliphatic rings. The molecule has 1 aromatic carbocycles. The van der Waals surface area contributed by atoms with Crippen LogP contribution in [0.15, 0.2) is 59.5 Å². The third-order valence-electron chi connectivity index (χ3n) is 5.59. The van der Waals surface area contributed by atoms with E-state index in [9.17, 15) is 5.11 Å². The minimum atomic E-state index is -0.665. The molecule has 0 aliphatic carbocycles. The zero-order valence-electron chi connectivity index (χ0n) is 16.9. The summed E-state index contributed by atoms with van der Waals surface area (Å²) in [6.07, 6.45) is 2.48. The molecule has 3 aromatic heterocycles. The van der Waals surface area contributed by atoms with Crippen LogP contribution in [-0.2, 0) is 0 Å². The maximum absolute atomic E-state index is 10.0. The molecule has 0 amide bonds. The Morgan fingerprint density at radius 3 is 2.69 bits per heavy atom. The summed E-state index contributed by atoms with van der Waals surface area (Å²) in [7, 11) is 0. The zero-order chi connectivity index (χ0) is 22.2. The number of nitriles is 1. The molecule has 9 heteroatoms. The van der Waals surface area contributed by atoms with E-state index in [1.165, 1.54) is 6.33 Å². The van der Waals surface area contributed by atoms with Gasteiger partial charge < -0.3 is 15.7 Å². The molecule has 0 saturated carbocycles. The largest absolute Gasteiger partial charge is 0.390 e. The number of hydrogen-bond acceptors (Lipinski definition) is 8. The Morgan fingerprint density at radius 1 is 1.09 bits per heavy atom. The van der Waals surface area contributed by atoms with Gasteiger partial charge in [-0.15, -0.1) is 0 Å². The maximum Gasteiger partial charge on any atom is 0.165 e. The van der Waals surface area contributed by atoms with Gasteiger partial charge in [0.1, 0.15) is 18.0 Å². The quantitative estimate of drug-likeness (QED) is 0.450. The number of halogens is 1. The van der Waals surface area contributed by atoms with Gasteiger partial charge in [0, 0.05) is 29.3 Å². The van der Waals surface area contributed by atoms with E-state index in [0.717, 1.165) is 21.2 Å². The number of aliphatic hydroxyl groups excluding tert-OH is 1. The molecule has 0 unspecified atom stereocenters. The number of aliphatic hydroxyl groups is 1. The number of nitrogens with two attached hydrogens (primary N) is 1. The van der Waals surface area contributed by atoms with Gasteiger partial charge >= 0.3 is 0 Å². The first-order valence-electron chi connectivity index (χ1n) is 9.99. The second kappa shape index (κ2) is 8.15. The lowest BCUT2D eigenvalue weighted by Gasteiger charge is -2.16. The fourth-order valence-electron chi connectivity index (χ4n) is 3.94. The highest BCUT2D eigenvalue weighted by atomic mass is 79.9. The van der Waals surface area contributed by atoms with Crippen LogP contribution in [0.1, 0.15) is 0 Å². The Balaban J connectivity index is 1.57. The molecule has 4 aromatic rings. The van der Waals surface area contributed by atoms with Gasteiger partial charge in [0.25, 0.3) is 0 Å². The van der Waals surface area contributed by atoms with Crippen LogP contribution in [0.3, 0.4) is 0 Å². The number of nitrogens with zero attached hydrogens (tertiary/aromatic N) is 6. The van der Waals surface area contributed by atoms with Crippen LogP contribution >= 0.6 is 15.9 Å². The van der Waals surface area contributed by atoms with E-state index in [1.807, 2.05) is 47.4 Å². The summed E-state index contributed by atoms with van der Waals surface area (Å²) < 4.78 is 0.950. The van der Waals surface area contributed by atoms with Crippen molar-refractivity contribution < 1.29 is 5.11 Å². The van der Waals surface area contributed by atoms with Crippen LogP contribution in [0, 0.1) is 17.2 Å². The number of pyridine rings is 2. The summed E-state index contributed by atoms with van der Waals surface area (Å²) in [5, 5.41) is 19.9. The van der Waals surface area contributed by atoms with Gasteiger partial charge in [-0.25, -0.2) is 19.9 Å². The molecule has 0 bridgehead atoms. The molecule has 1 fully saturated rings. The number of fused-ring (bicyclic) bond motifs is 1. The van der Waals surface area contributed by atoms with Crippen molar-refractivity contribution in [3.05, 3.63) is 59.5 Å². The molecular formula is C23H18BrN7O. The van der Waals surface area contributed by atoms with Crippen molar-refractivity contribution in [1.29, 1.82) is 5.26 Å². The first kappa shape index (κ1) is 20.3. The lowest BCUT2D eigenvalue weighted by Crippen LogP contribution is -2.21. The van der Waals surface area contributed by atoms with Crippen molar-refractivity contribution in [3.8, 4) is 28.5 Å². The predicted octanol–water partition coefficient (Wildman–Crippen LogP) is 3.42. The molecule has 158 valence electrons. The van der Waals surface area contributed by atoms with E-state index in [-0.39, 0.29) is 0 Å². The molecule has 5 rings (SSSR count). The normalized spacial score (nSPS) is 18.1. The van der Waals surface area contributed by atoms with Gasteiger partial charge in [-0.3, -0.25) is 0 Å². The third-order valence-corrected chi connectivity index (χ3v) is 6.08. The molecule has 2 atom stereocenters. The van der Waals surface area contributed by atoms with Gasteiger partial charge in [-0.05, 0) is 41.5 Å². The highest BCUT2D eigenvalue weighted by molar-refractivity contribution is 9.10. The number of aromatic nitrogens is 4. The second-order valence-electron chi connectivity index (χ2n) is 7.64. The van der Waals surface area contributed by atoms with Gasteiger partial charge in [-0.2, -0.15) is 5.26 Å². The molecule has 1 aliphatic heterocycles. The van der Waals surface area contributed by atoms with Crippen molar-refractivity contribution in [2.45, 2.75) is 6.10 Å². The first-order valence-corrected chi connectivity index (χ1v) is 10.8. The minimum absolute atomic E-state index is 0.372. The van der Waals surface area contributed by atoms with E-state index in [1.54, 1.807) is 6.20 Å². The van der Waals surface area contributed by atoms with Crippen LogP contribution in [0.4, 0.5) is 11.6 Å². The smallest absolute Gasteiger partial charge is 0.165 e. The number of benzene rings is 1. The summed E-state index contributed by atoms with van der Waals surface area (Å²) in [6, 6.07) is 15.8.